The van der Waals surface area contributed by atoms with Gasteiger partial charge in [0.25, 0.3) is 0 Å². The number of carbonyl (C=O) groups is 3. The van der Waals surface area contributed by atoms with Gasteiger partial charge in [-0.3, -0.25) is 14.4 Å². The number of halogens is 2. The molecule has 39 heavy (non-hydrogen) atoms. The zero-order valence-electron chi connectivity index (χ0n) is 22.6. The van der Waals surface area contributed by atoms with E-state index in [-0.39, 0.29) is 11.8 Å². The van der Waals surface area contributed by atoms with Crippen LogP contribution in [0.15, 0.2) is 42.5 Å². The Morgan fingerprint density at radius 2 is 1.85 bits per heavy atom. The lowest BCUT2D eigenvalue weighted by atomic mass is 9.74. The molecule has 4 rings (SSSR count). The van der Waals surface area contributed by atoms with Crippen LogP contribution in [-0.4, -0.2) is 35.2 Å². The summed E-state index contributed by atoms with van der Waals surface area (Å²) >= 11 is 12.5. The van der Waals surface area contributed by atoms with Crippen LogP contribution in [-0.2, 0) is 20.9 Å². The van der Waals surface area contributed by atoms with E-state index in [2.05, 4.69) is 5.32 Å². The molecule has 0 aromatic heterocycles. The van der Waals surface area contributed by atoms with E-state index < -0.39 is 23.8 Å². The topological polar surface area (TPSA) is 92.5 Å². The van der Waals surface area contributed by atoms with Crippen LogP contribution in [0.4, 0.5) is 0 Å². The Balaban J connectivity index is 1.48. The average Bonchev–Trinajstić information content (AvgIpc) is 3.03. The van der Waals surface area contributed by atoms with Crippen molar-refractivity contribution in [2.24, 2.45) is 23.5 Å². The van der Waals surface area contributed by atoms with Gasteiger partial charge in [-0.1, -0.05) is 80.1 Å². The normalized spacial score (nSPS) is 19.6. The first-order chi connectivity index (χ1) is 18.8. The number of rotatable bonds is 11. The number of carbonyl (C=O) groups excluding carboxylic acids is 3. The van der Waals surface area contributed by atoms with Crippen molar-refractivity contribution >= 4 is 40.9 Å². The van der Waals surface area contributed by atoms with E-state index in [4.69, 9.17) is 28.9 Å². The van der Waals surface area contributed by atoms with Crippen LogP contribution in [0.5, 0.6) is 0 Å². The zero-order valence-corrected chi connectivity index (χ0v) is 24.1. The molecule has 2 unspecified atom stereocenters. The van der Waals surface area contributed by atoms with Crippen molar-refractivity contribution < 1.29 is 14.4 Å². The van der Waals surface area contributed by atoms with Gasteiger partial charge < -0.3 is 16.0 Å². The molecule has 3 amide bonds. The highest BCUT2D eigenvalue weighted by atomic mass is 35.5. The maximum absolute atomic E-state index is 13.7. The molecule has 6 nitrogen and oxygen atoms in total. The Labute approximate surface area is 241 Å². The zero-order chi connectivity index (χ0) is 27.9. The third kappa shape index (κ3) is 7.55. The highest BCUT2D eigenvalue weighted by molar-refractivity contribution is 6.36. The highest BCUT2D eigenvalue weighted by Crippen LogP contribution is 2.36. The van der Waals surface area contributed by atoms with Gasteiger partial charge in [0, 0.05) is 40.5 Å². The summed E-state index contributed by atoms with van der Waals surface area (Å²) in [6, 6.07) is 12.8. The van der Waals surface area contributed by atoms with Crippen molar-refractivity contribution in [1.29, 1.82) is 0 Å². The molecule has 2 aromatic rings. The average molecular weight is 573 g/mol. The summed E-state index contributed by atoms with van der Waals surface area (Å²) < 4.78 is 0. The lowest BCUT2D eigenvalue weighted by Crippen LogP contribution is -2.51. The van der Waals surface area contributed by atoms with Crippen LogP contribution >= 0.6 is 23.2 Å². The molecule has 0 radical (unpaired) electrons. The predicted octanol–water partition coefficient (Wildman–Crippen LogP) is 6.37. The first-order valence-corrected chi connectivity index (χ1v) is 14.9. The molecule has 3 atom stereocenters. The SMILES string of the molecule is CCCC(C(N)=O)C(CC1CCC1)C(=O)N[C@H]1CCCCN(Cc2cccc(-c3ccc(Cl)cc3Cl)c2)C1=O. The molecule has 1 aliphatic carbocycles. The summed E-state index contributed by atoms with van der Waals surface area (Å²) in [5.41, 5.74) is 8.57. The lowest BCUT2D eigenvalue weighted by Gasteiger charge is -2.33. The minimum absolute atomic E-state index is 0.0794. The number of benzene rings is 2. The fraction of sp³-hybridized carbons (Fsp3) is 0.516. The van der Waals surface area contributed by atoms with Crippen molar-refractivity contribution in [3.05, 3.63) is 58.1 Å². The van der Waals surface area contributed by atoms with Gasteiger partial charge >= 0.3 is 0 Å². The van der Waals surface area contributed by atoms with Crippen molar-refractivity contribution in [2.45, 2.75) is 77.3 Å². The first-order valence-electron chi connectivity index (χ1n) is 14.2. The fourth-order valence-electron chi connectivity index (χ4n) is 5.85. The van der Waals surface area contributed by atoms with Crippen molar-refractivity contribution in [2.75, 3.05) is 6.54 Å². The molecule has 0 spiro atoms. The Kier molecular flexibility index (Phi) is 10.3. The summed E-state index contributed by atoms with van der Waals surface area (Å²) in [7, 11) is 0. The lowest BCUT2D eigenvalue weighted by molar-refractivity contribution is -0.139. The first kappa shape index (κ1) is 29.4. The summed E-state index contributed by atoms with van der Waals surface area (Å²) in [5, 5.41) is 4.20. The number of nitrogens with zero attached hydrogens (tertiary/aromatic N) is 1. The van der Waals surface area contributed by atoms with E-state index in [1.165, 1.54) is 0 Å². The van der Waals surface area contributed by atoms with Crippen molar-refractivity contribution in [3.63, 3.8) is 0 Å². The van der Waals surface area contributed by atoms with Crippen LogP contribution in [0.1, 0.15) is 70.3 Å². The van der Waals surface area contributed by atoms with E-state index in [1.54, 1.807) is 6.07 Å². The number of nitrogens with two attached hydrogens (primary N) is 1. The Morgan fingerprint density at radius 1 is 1.05 bits per heavy atom. The number of hydrogen-bond acceptors (Lipinski definition) is 3. The molecule has 1 aliphatic heterocycles. The van der Waals surface area contributed by atoms with E-state index in [1.807, 2.05) is 48.2 Å². The molecule has 2 aromatic carbocycles. The van der Waals surface area contributed by atoms with Crippen LogP contribution in [0.25, 0.3) is 11.1 Å². The van der Waals surface area contributed by atoms with Gasteiger partial charge in [-0.2, -0.15) is 0 Å². The van der Waals surface area contributed by atoms with Crippen molar-refractivity contribution in [1.82, 2.24) is 10.2 Å². The van der Waals surface area contributed by atoms with Gasteiger partial charge in [-0.15, -0.1) is 0 Å². The van der Waals surface area contributed by atoms with Gasteiger partial charge in [0.15, 0.2) is 0 Å². The molecule has 8 heteroatoms. The quantitative estimate of drug-likeness (QED) is 0.328. The third-order valence-corrected chi connectivity index (χ3v) is 8.79. The minimum Gasteiger partial charge on any atom is -0.369 e. The predicted molar refractivity (Wildman–Crippen MR) is 156 cm³/mol. The van der Waals surface area contributed by atoms with Gasteiger partial charge in [-0.05, 0) is 67.3 Å². The van der Waals surface area contributed by atoms with E-state index in [0.717, 1.165) is 55.2 Å². The molecule has 210 valence electrons. The molecule has 3 N–H and O–H groups in total. The molecule has 2 aliphatic rings. The van der Waals surface area contributed by atoms with Gasteiger partial charge in [0.05, 0.1) is 0 Å². The Morgan fingerprint density at radius 3 is 2.51 bits per heavy atom. The monoisotopic (exact) mass is 571 g/mol. The molecule has 0 bridgehead atoms. The Hall–Kier alpha value is -2.57. The number of likely N-dealkylation sites (tertiary alicyclic amines) is 1. The third-order valence-electron chi connectivity index (χ3n) is 8.24. The van der Waals surface area contributed by atoms with Crippen LogP contribution in [0, 0.1) is 17.8 Å². The van der Waals surface area contributed by atoms with Crippen LogP contribution in [0.2, 0.25) is 10.0 Å². The standard InChI is InChI=1S/C31H39Cl2N3O3/c1-2-7-25(29(34)37)26(17-20-8-5-9-20)30(38)35-28-12-3-4-15-36(31(28)39)19-21-10-6-11-22(16-21)24-14-13-23(32)18-27(24)33/h6,10-11,13-14,16,18,20,25-26,28H,2-5,7-9,12,15,17,19H2,1H3,(H2,34,37)(H,35,38)/t25?,26?,28-/m0/s1. The largest absolute Gasteiger partial charge is 0.369 e. The van der Waals surface area contributed by atoms with E-state index in [0.29, 0.717) is 48.3 Å². The second kappa shape index (κ2) is 13.7. The second-order valence-corrected chi connectivity index (χ2v) is 11.9. The van der Waals surface area contributed by atoms with Crippen molar-refractivity contribution in [3.8, 4) is 11.1 Å². The summed E-state index contributed by atoms with van der Waals surface area (Å²) in [6.45, 7) is 3.06. The molecule has 1 heterocycles. The molecular weight excluding hydrogens is 533 g/mol. The molecule has 2 fully saturated rings. The number of hydrogen-bond donors (Lipinski definition) is 2. The maximum Gasteiger partial charge on any atom is 0.245 e. The summed E-state index contributed by atoms with van der Waals surface area (Å²) in [4.78, 5) is 41.4. The number of amides is 3. The number of primary amides is 1. The molecule has 1 saturated heterocycles. The smallest absolute Gasteiger partial charge is 0.245 e. The van der Waals surface area contributed by atoms with Gasteiger partial charge in [0.2, 0.25) is 17.7 Å². The van der Waals surface area contributed by atoms with Crippen LogP contribution in [0.3, 0.4) is 0 Å². The molecular formula is C31H39Cl2N3O3. The second-order valence-electron chi connectivity index (χ2n) is 11.1. The van der Waals surface area contributed by atoms with Gasteiger partial charge in [0.1, 0.15) is 6.04 Å². The Bertz CT molecular complexity index is 1180. The van der Waals surface area contributed by atoms with Crippen LogP contribution < -0.4 is 11.1 Å². The maximum atomic E-state index is 13.7. The number of nitrogens with one attached hydrogen (secondary N) is 1. The highest BCUT2D eigenvalue weighted by Gasteiger charge is 2.37. The fourth-order valence-corrected chi connectivity index (χ4v) is 6.37. The minimum atomic E-state index is -0.604. The van der Waals surface area contributed by atoms with Gasteiger partial charge in [-0.25, -0.2) is 0 Å². The van der Waals surface area contributed by atoms with E-state index in [9.17, 15) is 14.4 Å². The van der Waals surface area contributed by atoms with E-state index >= 15 is 0 Å². The summed E-state index contributed by atoms with van der Waals surface area (Å²) in [6.07, 6.45) is 7.64. The summed E-state index contributed by atoms with van der Waals surface area (Å²) in [5.74, 6) is -1.26. The molecule has 1 saturated carbocycles.